The summed E-state index contributed by atoms with van der Waals surface area (Å²) in [5.74, 6) is 0.0715. The lowest BCUT2D eigenvalue weighted by Crippen LogP contribution is -2.33. The Bertz CT molecular complexity index is 1070. The smallest absolute Gasteiger partial charge is 0.258 e. The van der Waals surface area contributed by atoms with E-state index in [1.54, 1.807) is 18.2 Å². The maximum Gasteiger partial charge on any atom is 0.258 e. The molecule has 0 bridgehead atoms. The molecule has 2 aromatic carbocycles. The maximum absolute atomic E-state index is 12.1. The molecule has 1 aromatic heterocycles. The van der Waals surface area contributed by atoms with Crippen LogP contribution in [0.3, 0.4) is 0 Å². The van der Waals surface area contributed by atoms with Crippen molar-refractivity contribution in [3.8, 4) is 0 Å². The number of nitrogens with one attached hydrogen (secondary N) is 3. The molecule has 3 rings (SSSR count). The summed E-state index contributed by atoms with van der Waals surface area (Å²) < 4.78 is 0. The topological polar surface area (TPSA) is 104 Å². The van der Waals surface area contributed by atoms with E-state index in [2.05, 4.69) is 20.6 Å². The van der Waals surface area contributed by atoms with Gasteiger partial charge in [-0.05, 0) is 36.6 Å². The van der Waals surface area contributed by atoms with Crippen LogP contribution in [0.15, 0.2) is 53.3 Å². The normalized spacial score (nSPS) is 10.7. The van der Waals surface area contributed by atoms with Crippen molar-refractivity contribution in [3.63, 3.8) is 0 Å². The van der Waals surface area contributed by atoms with Gasteiger partial charge in [-0.15, -0.1) is 0 Å². The first-order chi connectivity index (χ1) is 14.1. The van der Waals surface area contributed by atoms with Gasteiger partial charge in [-0.1, -0.05) is 37.3 Å². The number of amides is 2. The van der Waals surface area contributed by atoms with E-state index in [1.807, 2.05) is 37.3 Å². The molecule has 0 radical (unpaired) electrons. The van der Waals surface area contributed by atoms with Crippen LogP contribution in [0.25, 0.3) is 10.9 Å². The highest BCUT2D eigenvalue weighted by Crippen LogP contribution is 2.15. The minimum absolute atomic E-state index is 0.0814. The summed E-state index contributed by atoms with van der Waals surface area (Å²) in [6, 6.07) is 14.7. The molecule has 0 atom stereocenters. The predicted molar refractivity (Wildman–Crippen MR) is 113 cm³/mol. The fraction of sp³-hybridized carbons (Fsp3) is 0.273. The fourth-order valence-corrected chi connectivity index (χ4v) is 3.08. The summed E-state index contributed by atoms with van der Waals surface area (Å²) in [5, 5.41) is 5.99. The molecule has 0 fully saturated rings. The molecule has 7 heteroatoms. The van der Waals surface area contributed by atoms with Crippen molar-refractivity contribution in [2.45, 2.75) is 32.6 Å². The van der Waals surface area contributed by atoms with Crippen molar-refractivity contribution in [1.29, 1.82) is 0 Å². The van der Waals surface area contributed by atoms with Gasteiger partial charge in [0.25, 0.3) is 5.56 Å². The highest BCUT2D eigenvalue weighted by atomic mass is 16.2. The van der Waals surface area contributed by atoms with Crippen LogP contribution in [0.1, 0.15) is 31.2 Å². The summed E-state index contributed by atoms with van der Waals surface area (Å²) in [4.78, 5) is 43.3. The molecule has 7 nitrogen and oxygen atoms in total. The molecule has 3 aromatic rings. The van der Waals surface area contributed by atoms with Crippen LogP contribution in [0.2, 0.25) is 0 Å². The van der Waals surface area contributed by atoms with E-state index in [1.165, 1.54) is 0 Å². The zero-order chi connectivity index (χ0) is 20.6. The van der Waals surface area contributed by atoms with Gasteiger partial charge in [-0.3, -0.25) is 14.4 Å². The van der Waals surface area contributed by atoms with E-state index in [0.717, 1.165) is 17.7 Å². The van der Waals surface area contributed by atoms with Crippen molar-refractivity contribution >= 4 is 28.4 Å². The quantitative estimate of drug-likeness (QED) is 0.548. The van der Waals surface area contributed by atoms with Crippen LogP contribution >= 0.6 is 0 Å². The Hall–Kier alpha value is -3.48. The number of aromatic nitrogens is 2. The largest absolute Gasteiger partial charge is 0.347 e. The number of benzene rings is 2. The highest BCUT2D eigenvalue weighted by Gasteiger charge is 2.09. The first-order valence-electron chi connectivity index (χ1n) is 9.69. The number of hydrogen-bond donors (Lipinski definition) is 3. The van der Waals surface area contributed by atoms with Gasteiger partial charge >= 0.3 is 0 Å². The number of nitrogens with zero attached hydrogens (tertiary/aromatic N) is 1. The van der Waals surface area contributed by atoms with Crippen molar-refractivity contribution in [2.75, 3.05) is 11.9 Å². The lowest BCUT2D eigenvalue weighted by atomic mass is 10.1. The van der Waals surface area contributed by atoms with E-state index in [-0.39, 0.29) is 30.3 Å². The Morgan fingerprint density at radius 1 is 1.03 bits per heavy atom. The number of carbonyl (C=O) groups is 2. The standard InChI is InChI=1S/C22H24N4O3/c1-2-15-8-3-5-10-17(15)25-21(28)14-23-20(27)13-7-12-19-24-18-11-6-4-9-16(18)22(29)26-19/h3-6,8-11H,2,7,12-14H2,1H3,(H,23,27)(H,25,28)(H,24,26,29). The van der Waals surface area contributed by atoms with Crippen LogP contribution in [-0.4, -0.2) is 28.3 Å². The third-order valence-electron chi connectivity index (χ3n) is 4.60. The lowest BCUT2D eigenvalue weighted by molar-refractivity contribution is -0.124. The number of para-hydroxylation sites is 2. The molecular formula is C22H24N4O3. The van der Waals surface area contributed by atoms with Crippen molar-refractivity contribution < 1.29 is 9.59 Å². The average molecular weight is 392 g/mol. The lowest BCUT2D eigenvalue weighted by Gasteiger charge is -2.10. The zero-order valence-electron chi connectivity index (χ0n) is 16.3. The third kappa shape index (κ3) is 5.51. The van der Waals surface area contributed by atoms with Gasteiger partial charge < -0.3 is 15.6 Å². The Kier molecular flexibility index (Phi) is 6.73. The number of H-pyrrole nitrogens is 1. The van der Waals surface area contributed by atoms with E-state index in [0.29, 0.717) is 29.6 Å². The summed E-state index contributed by atoms with van der Waals surface area (Å²) in [5.41, 5.74) is 2.27. The van der Waals surface area contributed by atoms with E-state index < -0.39 is 0 Å². The molecular weight excluding hydrogens is 368 g/mol. The van der Waals surface area contributed by atoms with E-state index >= 15 is 0 Å². The minimum Gasteiger partial charge on any atom is -0.347 e. The molecule has 0 saturated carbocycles. The number of rotatable bonds is 8. The Morgan fingerprint density at radius 3 is 2.62 bits per heavy atom. The number of anilines is 1. The summed E-state index contributed by atoms with van der Waals surface area (Å²) >= 11 is 0. The summed E-state index contributed by atoms with van der Waals surface area (Å²) in [7, 11) is 0. The molecule has 1 heterocycles. The summed E-state index contributed by atoms with van der Waals surface area (Å²) in [6.07, 6.45) is 2.06. The van der Waals surface area contributed by atoms with Gasteiger partial charge in [-0.25, -0.2) is 4.98 Å². The van der Waals surface area contributed by atoms with Crippen molar-refractivity contribution in [3.05, 3.63) is 70.3 Å². The monoisotopic (exact) mass is 392 g/mol. The highest BCUT2D eigenvalue weighted by molar-refractivity contribution is 5.95. The van der Waals surface area contributed by atoms with Crippen molar-refractivity contribution in [1.82, 2.24) is 15.3 Å². The molecule has 0 aliphatic heterocycles. The van der Waals surface area contributed by atoms with Gasteiger partial charge in [-0.2, -0.15) is 0 Å². The first kappa shape index (κ1) is 20.3. The van der Waals surface area contributed by atoms with Crippen LogP contribution in [0.4, 0.5) is 5.69 Å². The second-order valence-electron chi connectivity index (χ2n) is 6.72. The summed E-state index contributed by atoms with van der Waals surface area (Å²) in [6.45, 7) is 1.94. The molecule has 0 saturated heterocycles. The number of fused-ring (bicyclic) bond motifs is 1. The minimum atomic E-state index is -0.264. The van der Waals surface area contributed by atoms with Gasteiger partial charge in [0.1, 0.15) is 5.82 Å². The molecule has 2 amide bonds. The SMILES string of the molecule is CCc1ccccc1NC(=O)CNC(=O)CCCc1nc2ccccc2c(=O)[nH]1. The first-order valence-corrected chi connectivity index (χ1v) is 9.69. The maximum atomic E-state index is 12.1. The molecule has 0 spiro atoms. The van der Waals surface area contributed by atoms with Gasteiger partial charge in [0.15, 0.2) is 0 Å². The average Bonchev–Trinajstić information content (AvgIpc) is 2.73. The zero-order valence-corrected chi connectivity index (χ0v) is 16.3. The number of hydrogen-bond acceptors (Lipinski definition) is 4. The Labute approximate surface area is 168 Å². The van der Waals surface area contributed by atoms with Gasteiger partial charge in [0.2, 0.25) is 11.8 Å². The number of carbonyl (C=O) groups excluding carboxylic acids is 2. The fourth-order valence-electron chi connectivity index (χ4n) is 3.08. The molecule has 3 N–H and O–H groups in total. The second kappa shape index (κ2) is 9.64. The Morgan fingerprint density at radius 2 is 1.79 bits per heavy atom. The van der Waals surface area contributed by atoms with Crippen LogP contribution < -0.4 is 16.2 Å². The van der Waals surface area contributed by atoms with E-state index in [4.69, 9.17) is 0 Å². The van der Waals surface area contributed by atoms with Crippen LogP contribution in [0, 0.1) is 0 Å². The molecule has 0 unspecified atom stereocenters. The molecule has 0 aliphatic rings. The number of aromatic amines is 1. The number of aryl methyl sites for hydroxylation is 2. The van der Waals surface area contributed by atoms with Gasteiger partial charge in [0.05, 0.1) is 17.4 Å². The van der Waals surface area contributed by atoms with Crippen LogP contribution in [0.5, 0.6) is 0 Å². The van der Waals surface area contributed by atoms with Crippen molar-refractivity contribution in [2.24, 2.45) is 0 Å². The van der Waals surface area contributed by atoms with Gasteiger partial charge in [0, 0.05) is 18.5 Å². The molecule has 0 aliphatic carbocycles. The molecule has 150 valence electrons. The van der Waals surface area contributed by atoms with E-state index in [9.17, 15) is 14.4 Å². The predicted octanol–water partition coefficient (Wildman–Crippen LogP) is 2.56. The third-order valence-corrected chi connectivity index (χ3v) is 4.60. The second-order valence-corrected chi connectivity index (χ2v) is 6.72. The molecule has 29 heavy (non-hydrogen) atoms. The Balaban J connectivity index is 1.44. The van der Waals surface area contributed by atoms with Crippen LogP contribution in [-0.2, 0) is 22.4 Å².